The van der Waals surface area contributed by atoms with Crippen molar-refractivity contribution in [2.75, 3.05) is 18.0 Å². The molecule has 1 N–H and O–H groups in total. The molecule has 3 aromatic rings. The van der Waals surface area contributed by atoms with Gasteiger partial charge in [-0.15, -0.1) is 0 Å². The van der Waals surface area contributed by atoms with Gasteiger partial charge in [0, 0.05) is 31.2 Å². The number of anilines is 1. The lowest BCUT2D eigenvalue weighted by molar-refractivity contribution is -0.140. The second-order valence-corrected chi connectivity index (χ2v) is 6.19. The SMILES string of the molecule is O=C(O)C1CCN(c2ccc(Oc3ccnc4c(F)cncc34)cc2)C1. The van der Waals surface area contributed by atoms with Gasteiger partial charge in [0.15, 0.2) is 5.82 Å². The normalized spacial score (nSPS) is 16.8. The fourth-order valence-electron chi connectivity index (χ4n) is 3.15. The number of hydrogen-bond donors (Lipinski definition) is 1. The van der Waals surface area contributed by atoms with Crippen molar-refractivity contribution >= 4 is 22.6 Å². The lowest BCUT2D eigenvalue weighted by Gasteiger charge is -2.18. The summed E-state index contributed by atoms with van der Waals surface area (Å²) in [6, 6.07) is 9.06. The molecule has 26 heavy (non-hydrogen) atoms. The molecule has 1 saturated heterocycles. The average molecular weight is 353 g/mol. The van der Waals surface area contributed by atoms with Crippen LogP contribution in [0.1, 0.15) is 6.42 Å². The quantitative estimate of drug-likeness (QED) is 0.774. The minimum Gasteiger partial charge on any atom is -0.481 e. The number of ether oxygens (including phenoxy) is 1. The standard InChI is InChI=1S/C19H16FN3O3/c20-16-10-21-9-15-17(5-7-22-18(15)16)26-14-3-1-13(2-4-14)23-8-6-12(11-23)19(24)25/h1-5,7,9-10,12H,6,8,11H2,(H,24,25). The summed E-state index contributed by atoms with van der Waals surface area (Å²) >= 11 is 0. The molecular weight excluding hydrogens is 337 g/mol. The number of aromatic nitrogens is 2. The number of benzene rings is 1. The summed E-state index contributed by atoms with van der Waals surface area (Å²) in [6.07, 6.45) is 4.78. The number of rotatable bonds is 4. The van der Waals surface area contributed by atoms with E-state index in [1.807, 2.05) is 29.2 Å². The van der Waals surface area contributed by atoms with E-state index >= 15 is 0 Å². The molecule has 0 spiro atoms. The smallest absolute Gasteiger partial charge is 0.308 e. The van der Waals surface area contributed by atoms with Gasteiger partial charge in [0.1, 0.15) is 17.0 Å². The summed E-state index contributed by atoms with van der Waals surface area (Å²) < 4.78 is 19.7. The van der Waals surface area contributed by atoms with Crippen molar-refractivity contribution in [2.45, 2.75) is 6.42 Å². The Morgan fingerprint density at radius 1 is 1.23 bits per heavy atom. The van der Waals surface area contributed by atoms with Crippen LogP contribution in [0.25, 0.3) is 10.9 Å². The van der Waals surface area contributed by atoms with Gasteiger partial charge in [0.25, 0.3) is 0 Å². The van der Waals surface area contributed by atoms with E-state index in [4.69, 9.17) is 9.84 Å². The minimum absolute atomic E-state index is 0.214. The zero-order valence-corrected chi connectivity index (χ0v) is 13.8. The third-order valence-electron chi connectivity index (χ3n) is 4.54. The Hall–Kier alpha value is -3.22. The van der Waals surface area contributed by atoms with Crippen molar-refractivity contribution in [3.63, 3.8) is 0 Å². The maximum Gasteiger partial charge on any atom is 0.308 e. The van der Waals surface area contributed by atoms with Gasteiger partial charge >= 0.3 is 5.97 Å². The minimum atomic E-state index is -0.752. The molecule has 132 valence electrons. The first kappa shape index (κ1) is 16.3. The van der Waals surface area contributed by atoms with E-state index in [1.165, 1.54) is 12.4 Å². The van der Waals surface area contributed by atoms with Crippen molar-refractivity contribution in [3.8, 4) is 11.5 Å². The first-order valence-electron chi connectivity index (χ1n) is 8.26. The number of fused-ring (bicyclic) bond motifs is 1. The Balaban J connectivity index is 1.54. The molecule has 0 aliphatic carbocycles. The van der Waals surface area contributed by atoms with Crippen molar-refractivity contribution in [1.82, 2.24) is 9.97 Å². The zero-order chi connectivity index (χ0) is 18.1. The van der Waals surface area contributed by atoms with Gasteiger partial charge in [-0.1, -0.05) is 0 Å². The molecule has 3 heterocycles. The Labute approximate surface area is 148 Å². The Morgan fingerprint density at radius 3 is 2.77 bits per heavy atom. The molecule has 1 aliphatic rings. The fourth-order valence-corrected chi connectivity index (χ4v) is 3.15. The highest BCUT2D eigenvalue weighted by Crippen LogP contribution is 2.31. The van der Waals surface area contributed by atoms with Crippen molar-refractivity contribution in [1.29, 1.82) is 0 Å². The molecule has 0 radical (unpaired) electrons. The Morgan fingerprint density at radius 2 is 2.04 bits per heavy atom. The number of carboxylic acid groups (broad SMARTS) is 1. The Kier molecular flexibility index (Phi) is 4.12. The highest BCUT2D eigenvalue weighted by atomic mass is 19.1. The topological polar surface area (TPSA) is 75.5 Å². The van der Waals surface area contributed by atoms with E-state index in [0.717, 1.165) is 18.4 Å². The Bertz CT molecular complexity index is 962. The van der Waals surface area contributed by atoms with E-state index in [9.17, 15) is 9.18 Å². The molecule has 1 aliphatic heterocycles. The molecule has 4 rings (SSSR count). The van der Waals surface area contributed by atoms with Gasteiger partial charge in [0.2, 0.25) is 0 Å². The van der Waals surface area contributed by atoms with Crippen LogP contribution in [0.4, 0.5) is 10.1 Å². The zero-order valence-electron chi connectivity index (χ0n) is 13.8. The molecule has 1 atom stereocenters. The predicted molar refractivity (Wildman–Crippen MR) is 94.0 cm³/mol. The third-order valence-corrected chi connectivity index (χ3v) is 4.54. The van der Waals surface area contributed by atoms with Crippen LogP contribution in [-0.4, -0.2) is 34.1 Å². The first-order chi connectivity index (χ1) is 12.6. The molecule has 0 saturated carbocycles. The summed E-state index contributed by atoms with van der Waals surface area (Å²) in [5, 5.41) is 9.61. The summed E-state index contributed by atoms with van der Waals surface area (Å²) in [7, 11) is 0. The van der Waals surface area contributed by atoms with E-state index < -0.39 is 11.8 Å². The van der Waals surface area contributed by atoms with Crippen LogP contribution in [0, 0.1) is 11.7 Å². The molecule has 7 heteroatoms. The van der Waals surface area contributed by atoms with E-state index in [2.05, 4.69) is 9.97 Å². The van der Waals surface area contributed by atoms with Crippen LogP contribution < -0.4 is 9.64 Å². The lowest BCUT2D eigenvalue weighted by Crippen LogP contribution is -2.22. The lowest BCUT2D eigenvalue weighted by atomic mass is 10.1. The van der Waals surface area contributed by atoms with Crippen molar-refractivity contribution in [2.24, 2.45) is 5.92 Å². The molecule has 1 fully saturated rings. The fraction of sp³-hybridized carbons (Fsp3) is 0.211. The number of hydrogen-bond acceptors (Lipinski definition) is 5. The molecular formula is C19H16FN3O3. The second-order valence-electron chi connectivity index (χ2n) is 6.19. The number of nitrogens with zero attached hydrogens (tertiary/aromatic N) is 3. The van der Waals surface area contributed by atoms with E-state index in [1.54, 1.807) is 6.07 Å². The predicted octanol–water partition coefficient (Wildman–Crippen LogP) is 3.47. The summed E-state index contributed by atoms with van der Waals surface area (Å²) in [4.78, 5) is 21.0. The summed E-state index contributed by atoms with van der Waals surface area (Å²) in [5.74, 6) is -0.499. The summed E-state index contributed by atoms with van der Waals surface area (Å²) in [6.45, 7) is 1.23. The second kappa shape index (κ2) is 6.59. The van der Waals surface area contributed by atoms with Crippen LogP contribution in [-0.2, 0) is 4.79 Å². The molecule has 2 aromatic heterocycles. The number of aliphatic carboxylic acids is 1. The van der Waals surface area contributed by atoms with Gasteiger partial charge < -0.3 is 14.7 Å². The van der Waals surface area contributed by atoms with Crippen LogP contribution >= 0.6 is 0 Å². The monoisotopic (exact) mass is 353 g/mol. The van der Waals surface area contributed by atoms with Gasteiger partial charge in [-0.05, 0) is 36.8 Å². The van der Waals surface area contributed by atoms with Crippen LogP contribution in [0.5, 0.6) is 11.5 Å². The van der Waals surface area contributed by atoms with Gasteiger partial charge in [-0.2, -0.15) is 0 Å². The molecule has 0 amide bonds. The molecule has 6 nitrogen and oxygen atoms in total. The highest BCUT2D eigenvalue weighted by molar-refractivity contribution is 5.84. The van der Waals surface area contributed by atoms with Gasteiger partial charge in [-0.3, -0.25) is 14.8 Å². The van der Waals surface area contributed by atoms with Crippen LogP contribution in [0.3, 0.4) is 0 Å². The van der Waals surface area contributed by atoms with Crippen molar-refractivity contribution in [3.05, 3.63) is 54.7 Å². The number of carbonyl (C=O) groups is 1. The average Bonchev–Trinajstić information content (AvgIpc) is 3.14. The van der Waals surface area contributed by atoms with Crippen LogP contribution in [0.2, 0.25) is 0 Å². The molecule has 1 aromatic carbocycles. The molecule has 0 bridgehead atoms. The van der Waals surface area contributed by atoms with Gasteiger partial charge in [-0.25, -0.2) is 4.39 Å². The van der Waals surface area contributed by atoms with E-state index in [0.29, 0.717) is 29.9 Å². The van der Waals surface area contributed by atoms with Crippen LogP contribution in [0.15, 0.2) is 48.9 Å². The largest absolute Gasteiger partial charge is 0.481 e. The first-order valence-corrected chi connectivity index (χ1v) is 8.26. The van der Waals surface area contributed by atoms with Crippen molar-refractivity contribution < 1.29 is 19.0 Å². The number of pyridine rings is 2. The maximum atomic E-state index is 13.8. The van der Waals surface area contributed by atoms with E-state index in [-0.39, 0.29) is 11.4 Å². The third kappa shape index (κ3) is 3.03. The maximum absolute atomic E-state index is 13.8. The van der Waals surface area contributed by atoms with Gasteiger partial charge in [0.05, 0.1) is 17.5 Å². The number of halogens is 1. The highest BCUT2D eigenvalue weighted by Gasteiger charge is 2.28. The molecule has 1 unspecified atom stereocenters. The summed E-state index contributed by atoms with van der Waals surface area (Å²) in [5.41, 5.74) is 1.17. The number of carboxylic acids is 1.